The van der Waals surface area contributed by atoms with Crippen LogP contribution in [0.25, 0.3) is 0 Å². The molecule has 136 valence electrons. The summed E-state index contributed by atoms with van der Waals surface area (Å²) < 4.78 is 11.3. The van der Waals surface area contributed by atoms with Gasteiger partial charge in [0, 0.05) is 12.8 Å². The third-order valence-corrected chi connectivity index (χ3v) is 5.70. The predicted octanol–water partition coefficient (Wildman–Crippen LogP) is 1.93. The zero-order valence-electron chi connectivity index (χ0n) is 14.7. The first kappa shape index (κ1) is 18.7. The fourth-order valence-corrected chi connectivity index (χ4v) is 4.62. The number of fused-ring (bicyclic) bond motifs is 1. The molecule has 1 aliphatic heterocycles. The molecule has 6 atom stereocenters. The molecule has 0 bridgehead atoms. The Kier molecular flexibility index (Phi) is 4.69. The lowest BCUT2D eigenvalue weighted by molar-refractivity contribution is -0.210. The average Bonchev–Trinajstić information content (AvgIpc) is 2.63. The van der Waals surface area contributed by atoms with E-state index in [4.69, 9.17) is 9.47 Å². The summed E-state index contributed by atoms with van der Waals surface area (Å²) in [5.74, 6) is -4.23. The van der Waals surface area contributed by atoms with E-state index in [-0.39, 0.29) is 11.8 Å². The van der Waals surface area contributed by atoms with Crippen molar-refractivity contribution >= 4 is 17.9 Å². The standard InChI is InChI=1S/C17H26O7/c1-8-6-12(23-9(2)18)13-10(8)7-11(14(19)20)16(3,4)24-17(13,5)15(21)22/h8,10-13H,6-7H2,1-5H3,(H,19,20)(H,21,22)/t8-,10-,11+,12-,13+,17-/m1/s1. The molecular weight excluding hydrogens is 316 g/mol. The molecule has 0 aromatic heterocycles. The van der Waals surface area contributed by atoms with Gasteiger partial charge in [0.05, 0.1) is 11.5 Å². The topological polar surface area (TPSA) is 110 Å². The molecule has 0 radical (unpaired) electrons. The van der Waals surface area contributed by atoms with Gasteiger partial charge in [-0.1, -0.05) is 6.92 Å². The van der Waals surface area contributed by atoms with Crippen molar-refractivity contribution in [3.63, 3.8) is 0 Å². The summed E-state index contributed by atoms with van der Waals surface area (Å²) in [5.41, 5.74) is -2.77. The molecule has 7 heteroatoms. The maximum Gasteiger partial charge on any atom is 0.336 e. The van der Waals surface area contributed by atoms with Gasteiger partial charge in [0.1, 0.15) is 6.10 Å². The van der Waals surface area contributed by atoms with E-state index >= 15 is 0 Å². The van der Waals surface area contributed by atoms with Crippen molar-refractivity contribution in [3.05, 3.63) is 0 Å². The Balaban J connectivity index is 2.54. The van der Waals surface area contributed by atoms with E-state index in [9.17, 15) is 24.6 Å². The highest BCUT2D eigenvalue weighted by Gasteiger charge is 2.62. The van der Waals surface area contributed by atoms with Gasteiger partial charge >= 0.3 is 17.9 Å². The van der Waals surface area contributed by atoms with Crippen LogP contribution >= 0.6 is 0 Å². The smallest absolute Gasteiger partial charge is 0.336 e. The van der Waals surface area contributed by atoms with Crippen molar-refractivity contribution in [2.75, 3.05) is 0 Å². The Hall–Kier alpha value is -1.63. The van der Waals surface area contributed by atoms with E-state index in [0.29, 0.717) is 12.8 Å². The molecule has 2 aliphatic rings. The number of hydrogen-bond acceptors (Lipinski definition) is 5. The highest BCUT2D eigenvalue weighted by atomic mass is 16.6. The number of ether oxygens (including phenoxy) is 2. The van der Waals surface area contributed by atoms with Crippen LogP contribution in [0.2, 0.25) is 0 Å². The van der Waals surface area contributed by atoms with Gasteiger partial charge in [-0.15, -0.1) is 0 Å². The quantitative estimate of drug-likeness (QED) is 0.754. The number of hydrogen-bond donors (Lipinski definition) is 2. The summed E-state index contributed by atoms with van der Waals surface area (Å²) in [6.07, 6.45) is 0.217. The minimum Gasteiger partial charge on any atom is -0.481 e. The summed E-state index contributed by atoms with van der Waals surface area (Å²) in [6, 6.07) is 0. The molecule has 0 aromatic carbocycles. The molecule has 0 unspecified atom stereocenters. The first-order valence-corrected chi connectivity index (χ1v) is 8.23. The lowest BCUT2D eigenvalue weighted by atomic mass is 9.74. The van der Waals surface area contributed by atoms with Crippen molar-refractivity contribution in [3.8, 4) is 0 Å². The number of aliphatic carboxylic acids is 2. The minimum atomic E-state index is -1.62. The van der Waals surface area contributed by atoms with Gasteiger partial charge in [-0.3, -0.25) is 9.59 Å². The van der Waals surface area contributed by atoms with Gasteiger partial charge < -0.3 is 19.7 Å². The second-order valence-corrected chi connectivity index (χ2v) is 7.79. The monoisotopic (exact) mass is 342 g/mol. The van der Waals surface area contributed by atoms with Crippen molar-refractivity contribution in [1.82, 2.24) is 0 Å². The Morgan fingerprint density at radius 3 is 2.17 bits per heavy atom. The normalized spacial score (nSPS) is 41.1. The summed E-state index contributed by atoms with van der Waals surface area (Å²) in [5, 5.41) is 19.5. The van der Waals surface area contributed by atoms with Crippen molar-refractivity contribution < 1.29 is 34.1 Å². The van der Waals surface area contributed by atoms with Gasteiger partial charge in [0.2, 0.25) is 0 Å². The molecule has 24 heavy (non-hydrogen) atoms. The maximum atomic E-state index is 12.1. The van der Waals surface area contributed by atoms with Crippen molar-refractivity contribution in [2.24, 2.45) is 23.7 Å². The molecule has 2 fully saturated rings. The average molecular weight is 342 g/mol. The molecule has 2 rings (SSSR count). The highest BCUT2D eigenvalue weighted by molar-refractivity contribution is 5.79. The molecule has 1 heterocycles. The number of esters is 1. The van der Waals surface area contributed by atoms with Crippen molar-refractivity contribution in [1.29, 1.82) is 0 Å². The van der Waals surface area contributed by atoms with E-state index in [1.54, 1.807) is 13.8 Å². The molecule has 0 aromatic rings. The lowest BCUT2D eigenvalue weighted by Gasteiger charge is -2.40. The van der Waals surface area contributed by atoms with Gasteiger partial charge in [-0.2, -0.15) is 0 Å². The third kappa shape index (κ3) is 3.01. The number of carboxylic acid groups (broad SMARTS) is 2. The van der Waals surface area contributed by atoms with Crippen LogP contribution in [-0.2, 0) is 23.9 Å². The third-order valence-electron chi connectivity index (χ3n) is 5.70. The number of carboxylic acids is 2. The molecule has 7 nitrogen and oxygen atoms in total. The van der Waals surface area contributed by atoms with Crippen LogP contribution in [0.15, 0.2) is 0 Å². The van der Waals surface area contributed by atoms with E-state index < -0.39 is 47.0 Å². The zero-order chi connectivity index (χ0) is 18.4. The van der Waals surface area contributed by atoms with Gasteiger partial charge in [0.15, 0.2) is 5.60 Å². The highest BCUT2D eigenvalue weighted by Crippen LogP contribution is 2.53. The minimum absolute atomic E-state index is 0.0392. The van der Waals surface area contributed by atoms with Crippen LogP contribution in [-0.4, -0.2) is 45.4 Å². The Morgan fingerprint density at radius 2 is 1.71 bits per heavy atom. The van der Waals surface area contributed by atoms with Crippen LogP contribution < -0.4 is 0 Å². The van der Waals surface area contributed by atoms with E-state index in [0.717, 1.165) is 0 Å². The molecule has 2 N–H and O–H groups in total. The van der Waals surface area contributed by atoms with E-state index in [2.05, 4.69) is 0 Å². The zero-order valence-corrected chi connectivity index (χ0v) is 14.7. The summed E-state index contributed by atoms with van der Waals surface area (Å²) in [7, 11) is 0. The fourth-order valence-electron chi connectivity index (χ4n) is 4.62. The number of rotatable bonds is 3. The van der Waals surface area contributed by atoms with Crippen LogP contribution in [0.1, 0.15) is 47.5 Å². The summed E-state index contributed by atoms with van der Waals surface area (Å²) in [4.78, 5) is 35.2. The van der Waals surface area contributed by atoms with Crippen LogP contribution in [0.5, 0.6) is 0 Å². The number of carbonyl (C=O) groups is 3. The van der Waals surface area contributed by atoms with E-state index in [1.807, 2.05) is 6.92 Å². The maximum absolute atomic E-state index is 12.1. The van der Waals surface area contributed by atoms with Crippen LogP contribution in [0.3, 0.4) is 0 Å². The summed E-state index contributed by atoms with van der Waals surface area (Å²) >= 11 is 0. The Bertz CT molecular complexity index is 555. The van der Waals surface area contributed by atoms with Gasteiger partial charge in [0.25, 0.3) is 0 Å². The van der Waals surface area contributed by atoms with Crippen molar-refractivity contribution in [2.45, 2.75) is 64.8 Å². The SMILES string of the molecule is CC(=O)O[C@@H]1C[C@@H](C)[C@H]2C[C@@H](C(=O)O)C(C)(C)O[C@@](C)(C(=O)O)[C@@H]21. The molecule has 0 amide bonds. The summed E-state index contributed by atoms with van der Waals surface area (Å²) in [6.45, 7) is 7.92. The van der Waals surface area contributed by atoms with Gasteiger partial charge in [-0.25, -0.2) is 4.79 Å². The second kappa shape index (κ2) is 6.02. The first-order chi connectivity index (χ1) is 10.9. The molecule has 1 saturated heterocycles. The van der Waals surface area contributed by atoms with Crippen LogP contribution in [0, 0.1) is 23.7 Å². The largest absolute Gasteiger partial charge is 0.481 e. The predicted molar refractivity (Wildman–Crippen MR) is 83.3 cm³/mol. The fraction of sp³-hybridized carbons (Fsp3) is 0.824. The molecule has 1 aliphatic carbocycles. The first-order valence-electron chi connectivity index (χ1n) is 8.23. The Labute approximate surface area is 141 Å². The lowest BCUT2D eigenvalue weighted by Crippen LogP contribution is -2.54. The second-order valence-electron chi connectivity index (χ2n) is 7.79. The van der Waals surface area contributed by atoms with Crippen LogP contribution in [0.4, 0.5) is 0 Å². The molecule has 1 saturated carbocycles. The molecular formula is C17H26O7. The van der Waals surface area contributed by atoms with E-state index in [1.165, 1.54) is 13.8 Å². The number of carbonyl (C=O) groups excluding carboxylic acids is 1. The Morgan fingerprint density at radius 1 is 1.12 bits per heavy atom. The van der Waals surface area contributed by atoms with Gasteiger partial charge in [-0.05, 0) is 45.4 Å². The molecule has 0 spiro atoms.